The maximum Gasteiger partial charge on any atom is 0.311 e. The molecule has 0 bridgehead atoms. The molecule has 1 aromatic rings. The average Bonchev–Trinajstić information content (AvgIpc) is 2.95. The number of carboxylic acid groups (broad SMARTS) is 1. The van der Waals surface area contributed by atoms with Crippen molar-refractivity contribution < 1.29 is 9.90 Å². The minimum absolute atomic E-state index is 0.313. The molecule has 1 fully saturated rings. The zero-order valence-corrected chi connectivity index (χ0v) is 11.1. The van der Waals surface area contributed by atoms with Gasteiger partial charge in [0.05, 0.1) is 5.92 Å². The van der Waals surface area contributed by atoms with Crippen LogP contribution in [-0.2, 0) is 4.79 Å². The Hall–Kier alpha value is -0.350. The topological polar surface area (TPSA) is 37.3 Å². The third-order valence-corrected chi connectivity index (χ3v) is 3.87. The summed E-state index contributed by atoms with van der Waals surface area (Å²) in [7, 11) is 0. The number of benzene rings is 1. The van der Waals surface area contributed by atoms with Crippen LogP contribution in [0, 0.1) is 5.92 Å². The third-order valence-electron chi connectivity index (χ3n) is 2.65. The Morgan fingerprint density at radius 3 is 2.60 bits per heavy atom. The van der Waals surface area contributed by atoms with Gasteiger partial charge in [0.15, 0.2) is 0 Å². The molecule has 15 heavy (non-hydrogen) atoms. The van der Waals surface area contributed by atoms with Crippen LogP contribution in [-0.4, -0.2) is 11.1 Å². The maximum absolute atomic E-state index is 11.2. The molecule has 1 saturated carbocycles. The van der Waals surface area contributed by atoms with Gasteiger partial charge < -0.3 is 5.11 Å². The van der Waals surface area contributed by atoms with Gasteiger partial charge in [-0.2, -0.15) is 0 Å². The van der Waals surface area contributed by atoms with Gasteiger partial charge in [0.1, 0.15) is 0 Å². The van der Waals surface area contributed by atoms with Crippen LogP contribution in [0.2, 0.25) is 0 Å². The van der Waals surface area contributed by atoms with Crippen LogP contribution >= 0.6 is 31.9 Å². The van der Waals surface area contributed by atoms with E-state index >= 15 is 0 Å². The van der Waals surface area contributed by atoms with Crippen LogP contribution in [0.4, 0.5) is 0 Å². The van der Waals surface area contributed by atoms with E-state index in [0.717, 1.165) is 27.4 Å². The second-order valence-electron chi connectivity index (χ2n) is 3.82. The lowest BCUT2D eigenvalue weighted by Crippen LogP contribution is -2.14. The van der Waals surface area contributed by atoms with Gasteiger partial charge in [-0.1, -0.05) is 31.9 Å². The molecule has 1 atom stereocenters. The Kier molecular flexibility index (Phi) is 3.16. The highest BCUT2D eigenvalue weighted by molar-refractivity contribution is 9.11. The van der Waals surface area contributed by atoms with Gasteiger partial charge in [0, 0.05) is 8.95 Å². The van der Waals surface area contributed by atoms with Crippen molar-refractivity contribution in [1.82, 2.24) is 0 Å². The van der Waals surface area contributed by atoms with Crippen LogP contribution in [0.3, 0.4) is 0 Å². The Morgan fingerprint density at radius 1 is 1.40 bits per heavy atom. The number of carboxylic acids is 1. The SMILES string of the molecule is O=C(O)C(c1cc(Br)ccc1Br)C1CC1. The first-order chi connectivity index (χ1) is 7.09. The van der Waals surface area contributed by atoms with Gasteiger partial charge in [-0.25, -0.2) is 0 Å². The van der Waals surface area contributed by atoms with Crippen LogP contribution < -0.4 is 0 Å². The molecule has 1 N–H and O–H groups in total. The zero-order valence-electron chi connectivity index (χ0n) is 7.91. The monoisotopic (exact) mass is 332 g/mol. The van der Waals surface area contributed by atoms with Gasteiger partial charge in [-0.15, -0.1) is 0 Å². The molecule has 0 spiro atoms. The second-order valence-corrected chi connectivity index (χ2v) is 5.59. The summed E-state index contributed by atoms with van der Waals surface area (Å²) in [5.41, 5.74) is 0.874. The van der Waals surface area contributed by atoms with Gasteiger partial charge in [0.2, 0.25) is 0 Å². The number of carbonyl (C=O) groups is 1. The molecule has 1 aliphatic rings. The largest absolute Gasteiger partial charge is 0.481 e. The smallest absolute Gasteiger partial charge is 0.311 e. The van der Waals surface area contributed by atoms with E-state index in [1.807, 2.05) is 18.2 Å². The highest BCUT2D eigenvalue weighted by Gasteiger charge is 2.38. The summed E-state index contributed by atoms with van der Waals surface area (Å²) in [6.45, 7) is 0. The summed E-state index contributed by atoms with van der Waals surface area (Å²) in [4.78, 5) is 11.2. The number of halogens is 2. The Labute approximate surface area is 105 Å². The molecular formula is C11H10Br2O2. The van der Waals surface area contributed by atoms with Crippen molar-refractivity contribution in [3.05, 3.63) is 32.7 Å². The van der Waals surface area contributed by atoms with E-state index in [-0.39, 0.29) is 5.92 Å². The summed E-state index contributed by atoms with van der Waals surface area (Å²) >= 11 is 6.78. The number of hydrogen-bond acceptors (Lipinski definition) is 1. The Bertz CT molecular complexity index is 400. The molecule has 0 amide bonds. The van der Waals surface area contributed by atoms with Crippen molar-refractivity contribution in [2.45, 2.75) is 18.8 Å². The summed E-state index contributed by atoms with van der Waals surface area (Å²) < 4.78 is 1.80. The minimum Gasteiger partial charge on any atom is -0.481 e. The second kappa shape index (κ2) is 4.26. The van der Waals surface area contributed by atoms with Crippen molar-refractivity contribution >= 4 is 37.8 Å². The lowest BCUT2D eigenvalue weighted by Gasteiger charge is -2.13. The van der Waals surface area contributed by atoms with Crippen molar-refractivity contribution in [2.75, 3.05) is 0 Å². The Morgan fingerprint density at radius 2 is 2.07 bits per heavy atom. The van der Waals surface area contributed by atoms with Gasteiger partial charge in [0.25, 0.3) is 0 Å². The van der Waals surface area contributed by atoms with Gasteiger partial charge in [-0.3, -0.25) is 4.79 Å². The molecule has 0 radical (unpaired) electrons. The first-order valence-corrected chi connectivity index (χ1v) is 6.36. The standard InChI is InChI=1S/C11H10Br2O2/c12-7-3-4-9(13)8(5-7)10(11(14)15)6-1-2-6/h3-6,10H,1-2H2,(H,14,15). The van der Waals surface area contributed by atoms with E-state index in [2.05, 4.69) is 31.9 Å². The summed E-state index contributed by atoms with van der Waals surface area (Å²) in [5.74, 6) is -0.777. The van der Waals surface area contributed by atoms with E-state index in [4.69, 9.17) is 0 Å². The zero-order chi connectivity index (χ0) is 11.0. The summed E-state index contributed by atoms with van der Waals surface area (Å²) in [5, 5.41) is 9.22. The first kappa shape index (κ1) is 11.1. The van der Waals surface area contributed by atoms with E-state index in [1.54, 1.807) is 0 Å². The first-order valence-electron chi connectivity index (χ1n) is 4.77. The molecule has 0 heterocycles. The average molecular weight is 334 g/mol. The predicted octanol–water partition coefficient (Wildman–Crippen LogP) is 3.79. The molecule has 1 aromatic carbocycles. The molecule has 0 saturated heterocycles. The summed E-state index contributed by atoms with van der Waals surface area (Å²) in [6, 6.07) is 5.68. The van der Waals surface area contributed by atoms with Crippen LogP contribution in [0.5, 0.6) is 0 Å². The van der Waals surface area contributed by atoms with E-state index in [9.17, 15) is 9.90 Å². The molecule has 0 aromatic heterocycles. The Balaban J connectivity index is 2.40. The quantitative estimate of drug-likeness (QED) is 0.913. The molecule has 4 heteroatoms. The molecule has 2 nitrogen and oxygen atoms in total. The van der Waals surface area contributed by atoms with E-state index < -0.39 is 5.97 Å². The molecule has 2 rings (SSSR count). The predicted molar refractivity (Wildman–Crippen MR) is 64.9 cm³/mol. The van der Waals surface area contributed by atoms with Crippen molar-refractivity contribution in [3.8, 4) is 0 Å². The van der Waals surface area contributed by atoms with Crippen LogP contribution in [0.15, 0.2) is 27.1 Å². The maximum atomic E-state index is 11.2. The fourth-order valence-corrected chi connectivity index (χ4v) is 2.64. The van der Waals surface area contributed by atoms with Crippen molar-refractivity contribution in [3.63, 3.8) is 0 Å². The molecule has 1 unspecified atom stereocenters. The number of hydrogen-bond donors (Lipinski definition) is 1. The third kappa shape index (κ3) is 2.42. The fourth-order valence-electron chi connectivity index (χ4n) is 1.77. The highest BCUT2D eigenvalue weighted by atomic mass is 79.9. The fraction of sp³-hybridized carbons (Fsp3) is 0.364. The molecule has 1 aliphatic carbocycles. The highest BCUT2D eigenvalue weighted by Crippen LogP contribution is 2.45. The van der Waals surface area contributed by atoms with E-state index in [1.165, 1.54) is 0 Å². The van der Waals surface area contributed by atoms with E-state index in [0.29, 0.717) is 5.92 Å². The van der Waals surface area contributed by atoms with Gasteiger partial charge in [-0.05, 0) is 42.5 Å². The van der Waals surface area contributed by atoms with Crippen LogP contribution in [0.1, 0.15) is 24.3 Å². The number of aliphatic carboxylic acids is 1. The minimum atomic E-state index is -0.726. The van der Waals surface area contributed by atoms with Crippen molar-refractivity contribution in [1.29, 1.82) is 0 Å². The lowest BCUT2D eigenvalue weighted by molar-refractivity contribution is -0.139. The lowest BCUT2D eigenvalue weighted by atomic mass is 9.94. The summed E-state index contributed by atoms with van der Waals surface area (Å²) in [6.07, 6.45) is 2.05. The normalized spacial score (nSPS) is 17.5. The molecule has 80 valence electrons. The number of rotatable bonds is 3. The van der Waals surface area contributed by atoms with Crippen molar-refractivity contribution in [2.24, 2.45) is 5.92 Å². The molecular weight excluding hydrogens is 324 g/mol. The molecule has 0 aliphatic heterocycles. The van der Waals surface area contributed by atoms with Crippen LogP contribution in [0.25, 0.3) is 0 Å². The van der Waals surface area contributed by atoms with Gasteiger partial charge >= 0.3 is 5.97 Å².